The Hall–Kier alpha value is -3.02. The average molecular weight is 325 g/mol. The summed E-state index contributed by atoms with van der Waals surface area (Å²) in [5, 5.41) is 0. The molecule has 0 aliphatic carbocycles. The highest BCUT2D eigenvalue weighted by Gasteiger charge is 2.35. The predicted octanol–water partition coefficient (Wildman–Crippen LogP) is 1.40. The average Bonchev–Trinajstić information content (AvgIpc) is 2.53. The molecule has 0 spiro atoms. The van der Waals surface area contributed by atoms with Crippen LogP contribution >= 0.6 is 0 Å². The zero-order chi connectivity index (χ0) is 17.3. The number of nitrogen functional groups attached to an aromatic ring is 1. The van der Waals surface area contributed by atoms with Crippen LogP contribution in [0.3, 0.4) is 0 Å². The molecule has 24 heavy (non-hydrogen) atoms. The van der Waals surface area contributed by atoms with E-state index in [0.29, 0.717) is 23.5 Å². The Bertz CT molecular complexity index is 804. The van der Waals surface area contributed by atoms with Crippen LogP contribution in [0.4, 0.5) is 11.4 Å². The van der Waals surface area contributed by atoms with Gasteiger partial charge in [-0.1, -0.05) is 24.3 Å². The zero-order valence-electron chi connectivity index (χ0n) is 13.4. The molecule has 0 fully saturated rings. The molecule has 0 bridgehead atoms. The van der Waals surface area contributed by atoms with Gasteiger partial charge in [-0.05, 0) is 36.2 Å². The Morgan fingerprint density at radius 1 is 1.25 bits per heavy atom. The Labute approximate surface area is 140 Å². The van der Waals surface area contributed by atoms with Crippen molar-refractivity contribution in [3.8, 4) is 5.75 Å². The predicted molar refractivity (Wildman–Crippen MR) is 91.7 cm³/mol. The van der Waals surface area contributed by atoms with Gasteiger partial charge >= 0.3 is 0 Å². The van der Waals surface area contributed by atoms with Gasteiger partial charge in [0.1, 0.15) is 12.3 Å². The number of hydrogen-bond acceptors (Lipinski definition) is 4. The number of benzene rings is 2. The highest BCUT2D eigenvalue weighted by molar-refractivity contribution is 6.04. The Morgan fingerprint density at radius 2 is 2.00 bits per heavy atom. The number of ether oxygens (including phenoxy) is 1. The van der Waals surface area contributed by atoms with Gasteiger partial charge in [0.2, 0.25) is 5.91 Å². The Balaban J connectivity index is 1.95. The topological polar surface area (TPSA) is 98.7 Å². The molecule has 6 heteroatoms. The summed E-state index contributed by atoms with van der Waals surface area (Å²) in [7, 11) is 0. The van der Waals surface area contributed by atoms with Crippen molar-refractivity contribution < 1.29 is 14.3 Å². The van der Waals surface area contributed by atoms with Crippen LogP contribution < -0.4 is 21.1 Å². The van der Waals surface area contributed by atoms with Crippen LogP contribution in [0, 0.1) is 6.92 Å². The fraction of sp³-hybridized carbons (Fsp3) is 0.222. The molecule has 0 saturated carbocycles. The Morgan fingerprint density at radius 3 is 2.71 bits per heavy atom. The number of nitrogens with zero attached hydrogens (tertiary/aromatic N) is 1. The van der Waals surface area contributed by atoms with Crippen molar-refractivity contribution >= 4 is 23.2 Å². The first-order valence-corrected chi connectivity index (χ1v) is 7.66. The Kier molecular flexibility index (Phi) is 4.12. The maximum Gasteiger partial charge on any atom is 0.268 e. The lowest BCUT2D eigenvalue weighted by atomic mass is 10.0. The molecule has 0 saturated heterocycles. The van der Waals surface area contributed by atoms with Gasteiger partial charge in [0, 0.05) is 12.1 Å². The van der Waals surface area contributed by atoms with Crippen LogP contribution in [0.5, 0.6) is 5.75 Å². The van der Waals surface area contributed by atoms with Crippen molar-refractivity contribution in [2.24, 2.45) is 5.73 Å². The summed E-state index contributed by atoms with van der Waals surface area (Å²) in [6.07, 6.45) is -0.286. The van der Waals surface area contributed by atoms with Gasteiger partial charge in [-0.3, -0.25) is 14.5 Å². The van der Waals surface area contributed by atoms with Gasteiger partial charge in [-0.2, -0.15) is 0 Å². The minimum absolute atomic E-state index is 0.205. The molecule has 6 nitrogen and oxygen atoms in total. The molecular weight excluding hydrogens is 306 g/mol. The van der Waals surface area contributed by atoms with Crippen LogP contribution in [0.25, 0.3) is 0 Å². The first-order valence-electron chi connectivity index (χ1n) is 7.66. The smallest absolute Gasteiger partial charge is 0.268 e. The third kappa shape index (κ3) is 3.03. The molecule has 2 amide bonds. The molecular formula is C18H19N3O3. The third-order valence-corrected chi connectivity index (χ3v) is 4.06. The number of carbonyl (C=O) groups is 2. The number of primary amides is 1. The van der Waals surface area contributed by atoms with E-state index in [2.05, 4.69) is 0 Å². The molecule has 1 aliphatic rings. The van der Waals surface area contributed by atoms with E-state index in [0.717, 1.165) is 11.1 Å². The van der Waals surface area contributed by atoms with Crippen LogP contribution in [-0.4, -0.2) is 24.5 Å². The summed E-state index contributed by atoms with van der Waals surface area (Å²) in [6, 6.07) is 12.8. The number of rotatable bonds is 4. The summed E-state index contributed by atoms with van der Waals surface area (Å²) < 4.78 is 5.87. The van der Waals surface area contributed by atoms with Crippen LogP contribution in [0.15, 0.2) is 42.5 Å². The first kappa shape index (κ1) is 15.9. The van der Waals surface area contributed by atoms with E-state index >= 15 is 0 Å². The van der Waals surface area contributed by atoms with E-state index in [1.165, 1.54) is 4.90 Å². The monoisotopic (exact) mass is 325 g/mol. The van der Waals surface area contributed by atoms with Crippen LogP contribution in [-0.2, 0) is 16.0 Å². The minimum atomic E-state index is -0.707. The fourth-order valence-corrected chi connectivity index (χ4v) is 2.83. The number of fused-ring (bicyclic) bond motifs is 1. The van der Waals surface area contributed by atoms with E-state index in [1.54, 1.807) is 18.2 Å². The van der Waals surface area contributed by atoms with E-state index < -0.39 is 12.0 Å². The highest BCUT2D eigenvalue weighted by Crippen LogP contribution is 2.36. The summed E-state index contributed by atoms with van der Waals surface area (Å²) in [5.74, 6) is -0.368. The maximum atomic E-state index is 12.8. The maximum absolute atomic E-state index is 12.8. The number of amides is 2. The van der Waals surface area contributed by atoms with Crippen molar-refractivity contribution in [3.05, 3.63) is 53.6 Å². The number of carbonyl (C=O) groups excluding carboxylic acids is 2. The van der Waals surface area contributed by atoms with Crippen LogP contribution in [0.1, 0.15) is 11.1 Å². The lowest BCUT2D eigenvalue weighted by molar-refractivity contribution is -0.128. The van der Waals surface area contributed by atoms with Crippen molar-refractivity contribution in [3.63, 3.8) is 0 Å². The molecule has 4 N–H and O–H groups in total. The zero-order valence-corrected chi connectivity index (χ0v) is 13.4. The molecule has 3 rings (SSSR count). The van der Waals surface area contributed by atoms with Crippen molar-refractivity contribution in [2.45, 2.75) is 19.4 Å². The standard InChI is InChI=1S/C18H19N3O3/c1-11-4-2-3-5-12(11)8-16-18(23)21(10-17(20)22)14-9-13(19)6-7-15(14)24-16/h2-7,9,16H,8,10,19H2,1H3,(H2,20,22). The van der Waals surface area contributed by atoms with Gasteiger partial charge in [0.15, 0.2) is 6.10 Å². The van der Waals surface area contributed by atoms with Crippen molar-refractivity contribution in [1.29, 1.82) is 0 Å². The summed E-state index contributed by atoms with van der Waals surface area (Å²) >= 11 is 0. The summed E-state index contributed by atoms with van der Waals surface area (Å²) in [4.78, 5) is 25.5. The normalized spacial score (nSPS) is 16.5. The molecule has 2 aromatic carbocycles. The molecule has 1 aliphatic heterocycles. The van der Waals surface area contributed by atoms with Crippen molar-refractivity contribution in [1.82, 2.24) is 0 Å². The number of hydrogen-bond donors (Lipinski definition) is 2. The summed E-state index contributed by atoms with van der Waals surface area (Å²) in [5.41, 5.74) is 14.1. The van der Waals surface area contributed by atoms with E-state index in [1.807, 2.05) is 31.2 Å². The lowest BCUT2D eigenvalue weighted by Gasteiger charge is -2.34. The van der Waals surface area contributed by atoms with E-state index in [9.17, 15) is 9.59 Å². The lowest BCUT2D eigenvalue weighted by Crippen LogP contribution is -2.50. The number of anilines is 2. The molecule has 2 aromatic rings. The second-order valence-electron chi connectivity index (χ2n) is 5.85. The van der Waals surface area contributed by atoms with E-state index in [4.69, 9.17) is 16.2 Å². The molecule has 0 aromatic heterocycles. The minimum Gasteiger partial charge on any atom is -0.478 e. The largest absolute Gasteiger partial charge is 0.478 e. The van der Waals surface area contributed by atoms with Gasteiger partial charge in [0.05, 0.1) is 5.69 Å². The second-order valence-corrected chi connectivity index (χ2v) is 5.85. The number of aryl methyl sites for hydroxylation is 1. The van der Waals surface area contributed by atoms with Crippen molar-refractivity contribution in [2.75, 3.05) is 17.2 Å². The SMILES string of the molecule is Cc1ccccc1CC1Oc2ccc(N)cc2N(CC(N)=O)C1=O. The quantitative estimate of drug-likeness (QED) is 0.830. The highest BCUT2D eigenvalue weighted by atomic mass is 16.5. The molecule has 1 unspecified atom stereocenters. The summed E-state index contributed by atoms with van der Waals surface area (Å²) in [6.45, 7) is 1.78. The van der Waals surface area contributed by atoms with Gasteiger partial charge in [0.25, 0.3) is 5.91 Å². The van der Waals surface area contributed by atoms with Gasteiger partial charge in [-0.15, -0.1) is 0 Å². The number of nitrogens with two attached hydrogens (primary N) is 2. The van der Waals surface area contributed by atoms with Gasteiger partial charge in [-0.25, -0.2) is 0 Å². The second kappa shape index (κ2) is 6.23. The van der Waals surface area contributed by atoms with Gasteiger partial charge < -0.3 is 16.2 Å². The van der Waals surface area contributed by atoms with E-state index in [-0.39, 0.29) is 12.5 Å². The molecule has 1 heterocycles. The fourth-order valence-electron chi connectivity index (χ4n) is 2.83. The molecule has 124 valence electrons. The molecule has 1 atom stereocenters. The first-order chi connectivity index (χ1) is 11.5. The molecule has 0 radical (unpaired) electrons. The van der Waals surface area contributed by atoms with Crippen LogP contribution in [0.2, 0.25) is 0 Å². The third-order valence-electron chi connectivity index (χ3n) is 4.06.